The molecule has 1 heterocycles. The maximum atomic E-state index is 9.83. The van der Waals surface area contributed by atoms with Crippen LogP contribution in [0.1, 0.15) is 23.6 Å². The van der Waals surface area contributed by atoms with Gasteiger partial charge in [-0.05, 0) is 17.7 Å². The Morgan fingerprint density at radius 3 is 2.74 bits per heavy atom. The normalized spacial score (nSPS) is 19.0. The number of amidine groups is 1. The molecule has 0 aliphatic carbocycles. The van der Waals surface area contributed by atoms with E-state index in [1.165, 1.54) is 12.3 Å². The lowest BCUT2D eigenvalue weighted by atomic mass is 10.1. The zero-order valence-electron chi connectivity index (χ0n) is 11.9. The lowest BCUT2D eigenvalue weighted by Crippen LogP contribution is -1.95. The number of nitrogens with zero attached hydrogens (tertiary/aromatic N) is 4. The van der Waals surface area contributed by atoms with E-state index in [0.717, 1.165) is 5.56 Å². The Morgan fingerprint density at radius 1 is 1.17 bits per heavy atom. The van der Waals surface area contributed by atoms with E-state index < -0.39 is 0 Å². The summed E-state index contributed by atoms with van der Waals surface area (Å²) >= 11 is 11.7. The molecule has 0 aromatic heterocycles. The number of rotatable bonds is 3. The van der Waals surface area contributed by atoms with E-state index in [4.69, 9.17) is 23.2 Å². The number of azo groups is 1. The van der Waals surface area contributed by atoms with Crippen LogP contribution in [-0.4, -0.2) is 17.2 Å². The summed E-state index contributed by atoms with van der Waals surface area (Å²) < 4.78 is 0. The van der Waals surface area contributed by atoms with Gasteiger partial charge in [0.25, 0.3) is 0 Å². The van der Waals surface area contributed by atoms with Gasteiger partial charge in [-0.2, -0.15) is 10.2 Å². The summed E-state index contributed by atoms with van der Waals surface area (Å²) in [4.78, 5) is 0. The molecule has 116 valence electrons. The third-order valence-electron chi connectivity index (χ3n) is 3.30. The summed E-state index contributed by atoms with van der Waals surface area (Å²) in [5.41, 5.74) is 1.48. The van der Waals surface area contributed by atoms with E-state index in [1.807, 2.05) is 30.3 Å². The van der Waals surface area contributed by atoms with Gasteiger partial charge in [0.05, 0.1) is 11.2 Å². The molecule has 0 saturated heterocycles. The predicted octanol–water partition coefficient (Wildman–Crippen LogP) is 5.03. The second kappa shape index (κ2) is 6.89. The Labute approximate surface area is 143 Å². The van der Waals surface area contributed by atoms with Crippen LogP contribution in [0.2, 0.25) is 10.0 Å². The van der Waals surface area contributed by atoms with Crippen molar-refractivity contribution in [1.29, 1.82) is 0 Å². The van der Waals surface area contributed by atoms with Gasteiger partial charge < -0.3 is 5.11 Å². The second-order valence-electron chi connectivity index (χ2n) is 4.93. The number of aromatic hydroxyl groups is 1. The smallest absolute Gasteiger partial charge is 0.175 e. The minimum atomic E-state index is -0.0878. The largest absolute Gasteiger partial charge is 0.506 e. The lowest BCUT2D eigenvalue weighted by Gasteiger charge is -2.03. The molecule has 0 spiro atoms. The maximum absolute atomic E-state index is 9.83. The number of phenols is 1. The fraction of sp³-hybridized carbons (Fsp3) is 0.125. The van der Waals surface area contributed by atoms with Crippen molar-refractivity contribution in [2.75, 3.05) is 0 Å². The molecule has 1 aliphatic heterocycles. The first-order chi connectivity index (χ1) is 11.1. The Morgan fingerprint density at radius 2 is 1.96 bits per heavy atom. The van der Waals surface area contributed by atoms with Gasteiger partial charge in [-0.1, -0.05) is 53.5 Å². The zero-order chi connectivity index (χ0) is 16.2. The van der Waals surface area contributed by atoms with Crippen molar-refractivity contribution in [3.05, 3.63) is 63.6 Å². The predicted molar refractivity (Wildman–Crippen MR) is 91.8 cm³/mol. The lowest BCUT2D eigenvalue weighted by molar-refractivity contribution is 0.474. The van der Waals surface area contributed by atoms with Gasteiger partial charge in [0.2, 0.25) is 0 Å². The third kappa shape index (κ3) is 3.75. The van der Waals surface area contributed by atoms with Crippen LogP contribution in [0.15, 0.2) is 62.9 Å². The number of hydrogen-bond donors (Lipinski definition) is 1. The monoisotopic (exact) mass is 346 g/mol. The fourth-order valence-electron chi connectivity index (χ4n) is 2.15. The molecule has 1 atom stereocenters. The molecule has 0 fully saturated rings. The minimum Gasteiger partial charge on any atom is -0.506 e. The van der Waals surface area contributed by atoms with Gasteiger partial charge in [0, 0.05) is 17.0 Å². The van der Waals surface area contributed by atoms with Crippen LogP contribution in [0.4, 0.5) is 0 Å². The number of halogens is 2. The van der Waals surface area contributed by atoms with Crippen LogP contribution in [0.3, 0.4) is 0 Å². The summed E-state index contributed by atoms with van der Waals surface area (Å²) in [6.07, 6.45) is 1.97. The Bertz CT molecular complexity index is 803. The second-order valence-corrected chi connectivity index (χ2v) is 5.78. The van der Waals surface area contributed by atoms with Crippen LogP contribution in [0.25, 0.3) is 0 Å². The number of phenolic OH excluding ortho intramolecular Hbond substituents is 1. The van der Waals surface area contributed by atoms with E-state index in [2.05, 4.69) is 20.4 Å². The van der Waals surface area contributed by atoms with Crippen molar-refractivity contribution < 1.29 is 5.11 Å². The first kappa shape index (κ1) is 15.6. The third-order valence-corrected chi connectivity index (χ3v) is 3.81. The number of benzene rings is 2. The molecule has 0 radical (unpaired) electrons. The van der Waals surface area contributed by atoms with E-state index in [1.54, 1.807) is 6.07 Å². The average molecular weight is 347 g/mol. The highest BCUT2D eigenvalue weighted by Gasteiger charge is 2.19. The SMILES string of the molecule is Oc1c(Cl)cc(Cl)cc1/C=N/N=C1CC(c2ccccc2)N=N1. The van der Waals surface area contributed by atoms with Crippen molar-refractivity contribution in [2.24, 2.45) is 20.4 Å². The van der Waals surface area contributed by atoms with E-state index in [9.17, 15) is 5.11 Å². The highest BCUT2D eigenvalue weighted by Crippen LogP contribution is 2.30. The molecular weight excluding hydrogens is 335 g/mol. The molecule has 0 bridgehead atoms. The van der Waals surface area contributed by atoms with Crippen LogP contribution in [0.5, 0.6) is 5.75 Å². The van der Waals surface area contributed by atoms with Crippen molar-refractivity contribution in [3.63, 3.8) is 0 Å². The molecule has 7 heteroatoms. The summed E-state index contributed by atoms with van der Waals surface area (Å²) in [7, 11) is 0. The Balaban J connectivity index is 1.71. The first-order valence-electron chi connectivity index (χ1n) is 6.87. The highest BCUT2D eigenvalue weighted by molar-refractivity contribution is 6.36. The van der Waals surface area contributed by atoms with Crippen LogP contribution in [0, 0.1) is 0 Å². The van der Waals surface area contributed by atoms with Gasteiger partial charge in [-0.3, -0.25) is 0 Å². The van der Waals surface area contributed by atoms with Crippen LogP contribution >= 0.6 is 23.2 Å². The van der Waals surface area contributed by atoms with E-state index >= 15 is 0 Å². The molecule has 2 aromatic rings. The molecule has 3 rings (SSSR count). The molecule has 5 nitrogen and oxygen atoms in total. The van der Waals surface area contributed by atoms with Crippen LogP contribution < -0.4 is 0 Å². The molecule has 23 heavy (non-hydrogen) atoms. The van der Waals surface area contributed by atoms with Gasteiger partial charge in [0.1, 0.15) is 11.8 Å². The highest BCUT2D eigenvalue weighted by atomic mass is 35.5. The maximum Gasteiger partial charge on any atom is 0.175 e. The molecule has 0 saturated carbocycles. The quantitative estimate of drug-likeness (QED) is 0.614. The van der Waals surface area contributed by atoms with E-state index in [-0.39, 0.29) is 16.8 Å². The summed E-state index contributed by atoms with van der Waals surface area (Å²) in [6, 6.07) is 12.9. The standard InChI is InChI=1S/C16H12Cl2N4O/c17-12-6-11(16(23)13(18)7-12)9-19-21-15-8-14(20-22-15)10-4-2-1-3-5-10/h1-7,9,14,23H,8H2/b19-9+,21-15?. The number of hydrogen-bond acceptors (Lipinski definition) is 4. The zero-order valence-corrected chi connectivity index (χ0v) is 13.4. The van der Waals surface area contributed by atoms with Crippen molar-refractivity contribution in [1.82, 2.24) is 0 Å². The Hall–Kier alpha value is -2.24. The molecule has 1 N–H and O–H groups in total. The van der Waals surface area contributed by atoms with Crippen LogP contribution in [-0.2, 0) is 0 Å². The molecule has 1 aliphatic rings. The van der Waals surface area contributed by atoms with Crippen molar-refractivity contribution >= 4 is 35.3 Å². The topological polar surface area (TPSA) is 69.7 Å². The summed E-state index contributed by atoms with van der Waals surface area (Å²) in [5, 5.41) is 26.6. The molecule has 1 unspecified atom stereocenters. The molecular formula is C16H12Cl2N4O. The van der Waals surface area contributed by atoms with E-state index in [0.29, 0.717) is 22.8 Å². The minimum absolute atomic E-state index is 0.0285. The molecule has 0 amide bonds. The van der Waals surface area contributed by atoms with Gasteiger partial charge in [0.15, 0.2) is 5.84 Å². The summed E-state index contributed by atoms with van der Waals surface area (Å²) in [6.45, 7) is 0. The first-order valence-corrected chi connectivity index (χ1v) is 7.63. The van der Waals surface area contributed by atoms with Gasteiger partial charge in [-0.25, -0.2) is 0 Å². The van der Waals surface area contributed by atoms with Gasteiger partial charge >= 0.3 is 0 Å². The van der Waals surface area contributed by atoms with Gasteiger partial charge in [-0.15, -0.1) is 10.2 Å². The average Bonchev–Trinajstić information content (AvgIpc) is 3.02. The molecule has 2 aromatic carbocycles. The van der Waals surface area contributed by atoms with Crippen molar-refractivity contribution in [2.45, 2.75) is 12.5 Å². The Kier molecular flexibility index (Phi) is 4.69. The summed E-state index contributed by atoms with van der Waals surface area (Å²) in [5.74, 6) is 0.443. The van der Waals surface area contributed by atoms with Crippen molar-refractivity contribution in [3.8, 4) is 5.75 Å². The fourth-order valence-corrected chi connectivity index (χ4v) is 2.66.